The molecule has 1 N–H and O–H groups in total. The standard InChI is InChI=1S/C10H12N2O2S/c1-7(3-4-11)12-10(13)9-5-8(14-2)6-15-9/h5-7H,3H2,1-2H3,(H,12,13). The summed E-state index contributed by atoms with van der Waals surface area (Å²) in [5.74, 6) is 0.518. The van der Waals surface area contributed by atoms with Gasteiger partial charge in [0.2, 0.25) is 0 Å². The molecular weight excluding hydrogens is 212 g/mol. The number of carbonyl (C=O) groups excluding carboxylic acids is 1. The third-order valence-corrected chi connectivity index (χ3v) is 2.72. The maximum absolute atomic E-state index is 11.6. The Morgan fingerprint density at radius 3 is 3.07 bits per heavy atom. The molecule has 0 spiro atoms. The third-order valence-electron chi connectivity index (χ3n) is 1.81. The van der Waals surface area contributed by atoms with Crippen molar-refractivity contribution in [1.29, 1.82) is 5.26 Å². The number of ether oxygens (including phenoxy) is 1. The smallest absolute Gasteiger partial charge is 0.261 e. The van der Waals surface area contributed by atoms with Gasteiger partial charge >= 0.3 is 0 Å². The fraction of sp³-hybridized carbons (Fsp3) is 0.400. The van der Waals surface area contributed by atoms with Crippen molar-refractivity contribution in [2.45, 2.75) is 19.4 Å². The monoisotopic (exact) mass is 224 g/mol. The molecule has 1 atom stereocenters. The van der Waals surface area contributed by atoms with Crippen molar-refractivity contribution in [1.82, 2.24) is 5.32 Å². The first-order valence-corrected chi connectivity index (χ1v) is 5.35. The van der Waals surface area contributed by atoms with E-state index in [1.165, 1.54) is 11.3 Å². The van der Waals surface area contributed by atoms with Gasteiger partial charge in [0.15, 0.2) is 0 Å². The molecule has 0 aliphatic heterocycles. The lowest BCUT2D eigenvalue weighted by Crippen LogP contribution is -2.31. The average molecular weight is 224 g/mol. The van der Waals surface area contributed by atoms with Crippen LogP contribution in [0.25, 0.3) is 0 Å². The summed E-state index contributed by atoms with van der Waals surface area (Å²) in [4.78, 5) is 12.2. The van der Waals surface area contributed by atoms with Gasteiger partial charge in [-0.2, -0.15) is 5.26 Å². The van der Waals surface area contributed by atoms with E-state index in [2.05, 4.69) is 5.32 Å². The number of nitrogens with zero attached hydrogens (tertiary/aromatic N) is 1. The van der Waals surface area contributed by atoms with Gasteiger partial charge in [-0.15, -0.1) is 11.3 Å². The van der Waals surface area contributed by atoms with E-state index in [1.54, 1.807) is 25.5 Å². The van der Waals surface area contributed by atoms with E-state index in [9.17, 15) is 4.79 Å². The molecule has 0 aliphatic rings. The number of rotatable bonds is 4. The van der Waals surface area contributed by atoms with Crippen LogP contribution in [0.3, 0.4) is 0 Å². The minimum atomic E-state index is -0.161. The van der Waals surface area contributed by atoms with Crippen LogP contribution in [0.15, 0.2) is 11.4 Å². The van der Waals surface area contributed by atoms with Gasteiger partial charge in [0.25, 0.3) is 5.91 Å². The maximum atomic E-state index is 11.6. The highest BCUT2D eigenvalue weighted by Crippen LogP contribution is 2.20. The Bertz CT molecular complexity index is 381. The zero-order valence-electron chi connectivity index (χ0n) is 8.61. The molecule has 1 unspecified atom stereocenters. The number of amides is 1. The van der Waals surface area contributed by atoms with Crippen LogP contribution in [-0.2, 0) is 0 Å². The number of methoxy groups -OCH3 is 1. The van der Waals surface area contributed by atoms with Crippen LogP contribution in [0.1, 0.15) is 23.0 Å². The molecule has 0 radical (unpaired) electrons. The molecule has 1 rings (SSSR count). The molecule has 0 fully saturated rings. The molecule has 0 saturated carbocycles. The van der Waals surface area contributed by atoms with Crippen molar-refractivity contribution >= 4 is 17.2 Å². The second-order valence-corrected chi connectivity index (χ2v) is 4.00. The fourth-order valence-corrected chi connectivity index (χ4v) is 1.79. The van der Waals surface area contributed by atoms with Crippen LogP contribution in [0.2, 0.25) is 0 Å². The number of nitrogens with one attached hydrogen (secondary N) is 1. The van der Waals surface area contributed by atoms with Gasteiger partial charge in [0, 0.05) is 17.5 Å². The van der Waals surface area contributed by atoms with E-state index in [1.807, 2.05) is 6.07 Å². The number of nitriles is 1. The molecule has 80 valence electrons. The number of thiophene rings is 1. The summed E-state index contributed by atoms with van der Waals surface area (Å²) in [6, 6.07) is 3.56. The summed E-state index contributed by atoms with van der Waals surface area (Å²) in [7, 11) is 1.56. The molecular formula is C10H12N2O2S. The Morgan fingerprint density at radius 2 is 2.53 bits per heavy atom. The van der Waals surface area contributed by atoms with Crippen molar-refractivity contribution < 1.29 is 9.53 Å². The molecule has 1 aromatic heterocycles. The van der Waals surface area contributed by atoms with Crippen molar-refractivity contribution in [2.24, 2.45) is 0 Å². The van der Waals surface area contributed by atoms with Crippen LogP contribution in [-0.4, -0.2) is 19.1 Å². The summed E-state index contributed by atoms with van der Waals surface area (Å²) in [6.45, 7) is 1.80. The van der Waals surface area contributed by atoms with Crippen molar-refractivity contribution in [3.8, 4) is 11.8 Å². The molecule has 15 heavy (non-hydrogen) atoms. The Balaban J connectivity index is 2.57. The van der Waals surface area contributed by atoms with Crippen molar-refractivity contribution in [2.75, 3.05) is 7.11 Å². The molecule has 1 aromatic rings. The first kappa shape index (κ1) is 11.5. The van der Waals surface area contributed by atoms with Gasteiger partial charge in [-0.3, -0.25) is 4.79 Å². The fourth-order valence-electron chi connectivity index (χ4n) is 1.03. The molecule has 1 amide bonds. The van der Waals surface area contributed by atoms with Crippen LogP contribution in [0, 0.1) is 11.3 Å². The van der Waals surface area contributed by atoms with E-state index >= 15 is 0 Å². The highest BCUT2D eigenvalue weighted by atomic mass is 32.1. The Labute approximate surface area is 92.5 Å². The summed E-state index contributed by atoms with van der Waals surface area (Å²) in [5, 5.41) is 12.9. The van der Waals surface area contributed by atoms with Crippen molar-refractivity contribution in [3.63, 3.8) is 0 Å². The highest BCUT2D eigenvalue weighted by Gasteiger charge is 2.11. The summed E-state index contributed by atoms with van der Waals surface area (Å²) >= 11 is 1.32. The number of hydrogen-bond donors (Lipinski definition) is 1. The van der Waals surface area contributed by atoms with E-state index in [4.69, 9.17) is 10.00 Å². The maximum Gasteiger partial charge on any atom is 0.261 e. The minimum absolute atomic E-state index is 0.129. The van der Waals surface area contributed by atoms with Gasteiger partial charge in [-0.1, -0.05) is 0 Å². The minimum Gasteiger partial charge on any atom is -0.496 e. The Hall–Kier alpha value is -1.54. The topological polar surface area (TPSA) is 62.1 Å². The molecule has 0 aromatic carbocycles. The second-order valence-electron chi connectivity index (χ2n) is 3.09. The van der Waals surface area contributed by atoms with Gasteiger partial charge in [0.1, 0.15) is 5.75 Å². The second kappa shape index (κ2) is 5.37. The Kier molecular flexibility index (Phi) is 4.13. The average Bonchev–Trinajstić information content (AvgIpc) is 2.66. The van der Waals surface area contributed by atoms with E-state index in [-0.39, 0.29) is 11.9 Å². The predicted molar refractivity (Wildman–Crippen MR) is 58.0 cm³/mol. The summed E-state index contributed by atoms with van der Waals surface area (Å²) in [6.07, 6.45) is 0.314. The lowest BCUT2D eigenvalue weighted by Gasteiger charge is -2.08. The summed E-state index contributed by atoms with van der Waals surface area (Å²) in [5.41, 5.74) is 0. The molecule has 0 aliphatic carbocycles. The summed E-state index contributed by atoms with van der Waals surface area (Å²) < 4.78 is 4.98. The van der Waals surface area contributed by atoms with Gasteiger partial charge < -0.3 is 10.1 Å². The predicted octanol–water partition coefficient (Wildman–Crippen LogP) is 1.79. The van der Waals surface area contributed by atoms with E-state index < -0.39 is 0 Å². The lowest BCUT2D eigenvalue weighted by atomic mass is 10.2. The molecule has 0 saturated heterocycles. The zero-order chi connectivity index (χ0) is 11.3. The quantitative estimate of drug-likeness (QED) is 0.848. The first-order valence-electron chi connectivity index (χ1n) is 4.47. The van der Waals surface area contributed by atoms with Gasteiger partial charge in [0.05, 0.1) is 24.5 Å². The van der Waals surface area contributed by atoms with E-state index in [0.29, 0.717) is 17.0 Å². The Morgan fingerprint density at radius 1 is 1.80 bits per heavy atom. The van der Waals surface area contributed by atoms with E-state index in [0.717, 1.165) is 0 Å². The largest absolute Gasteiger partial charge is 0.496 e. The highest BCUT2D eigenvalue weighted by molar-refractivity contribution is 7.12. The third kappa shape index (κ3) is 3.26. The zero-order valence-corrected chi connectivity index (χ0v) is 9.43. The number of hydrogen-bond acceptors (Lipinski definition) is 4. The SMILES string of the molecule is COc1csc(C(=O)NC(C)CC#N)c1. The lowest BCUT2D eigenvalue weighted by molar-refractivity contribution is 0.0944. The first-order chi connectivity index (χ1) is 7.17. The van der Waals surface area contributed by atoms with Gasteiger partial charge in [-0.05, 0) is 6.92 Å². The van der Waals surface area contributed by atoms with Gasteiger partial charge in [-0.25, -0.2) is 0 Å². The van der Waals surface area contributed by atoms with Crippen LogP contribution in [0.5, 0.6) is 5.75 Å². The molecule has 5 heteroatoms. The van der Waals surface area contributed by atoms with Crippen LogP contribution < -0.4 is 10.1 Å². The molecule has 0 bridgehead atoms. The van der Waals surface area contributed by atoms with Crippen molar-refractivity contribution in [3.05, 3.63) is 16.3 Å². The normalized spacial score (nSPS) is 11.5. The van der Waals surface area contributed by atoms with Crippen LogP contribution in [0.4, 0.5) is 0 Å². The molecule has 4 nitrogen and oxygen atoms in total. The number of carbonyl (C=O) groups is 1. The van der Waals surface area contributed by atoms with Crippen LogP contribution >= 0.6 is 11.3 Å². The molecule has 1 heterocycles.